The summed E-state index contributed by atoms with van der Waals surface area (Å²) in [5.41, 5.74) is 0.433. The predicted molar refractivity (Wildman–Crippen MR) is 37.1 cm³/mol. The average molecular weight is 152 g/mol. The van der Waals surface area contributed by atoms with Crippen molar-refractivity contribution < 1.29 is 8.78 Å². The van der Waals surface area contributed by atoms with E-state index in [0.29, 0.717) is 10.9 Å². The van der Waals surface area contributed by atoms with Gasteiger partial charge in [0.25, 0.3) is 0 Å². The molecule has 1 aromatic carbocycles. The van der Waals surface area contributed by atoms with Crippen molar-refractivity contribution in [2.45, 2.75) is 0 Å². The van der Waals surface area contributed by atoms with Crippen molar-refractivity contribution in [3.05, 3.63) is 36.0 Å². The maximum atomic E-state index is 12.8. The van der Waals surface area contributed by atoms with Crippen LogP contribution in [0.1, 0.15) is 0 Å². The number of halogens is 2. The molecule has 0 unspecified atom stereocenters. The minimum Gasteiger partial charge on any atom is -0.353 e. The molecule has 0 fully saturated rings. The zero-order valence-electron chi connectivity index (χ0n) is 5.49. The van der Waals surface area contributed by atoms with E-state index < -0.39 is 11.6 Å². The standard InChI is InChI=1S/C8H4F2N/c9-5-3-7(10)6-1-2-11-8(6)4-5/h1,3-4,11H. The van der Waals surface area contributed by atoms with Crippen molar-refractivity contribution in [2.24, 2.45) is 0 Å². The van der Waals surface area contributed by atoms with Gasteiger partial charge >= 0.3 is 0 Å². The second-order valence-electron chi connectivity index (χ2n) is 2.26. The van der Waals surface area contributed by atoms with Crippen LogP contribution < -0.4 is 0 Å². The summed E-state index contributed by atoms with van der Waals surface area (Å²) in [6.07, 6.45) is 2.57. The molecule has 0 bridgehead atoms. The van der Waals surface area contributed by atoms with Gasteiger partial charge in [-0.15, -0.1) is 0 Å². The van der Waals surface area contributed by atoms with E-state index in [2.05, 4.69) is 11.2 Å². The first-order chi connectivity index (χ1) is 5.27. The van der Waals surface area contributed by atoms with Crippen LogP contribution >= 0.6 is 0 Å². The second-order valence-corrected chi connectivity index (χ2v) is 2.26. The number of fused-ring (bicyclic) bond motifs is 1. The number of nitrogens with one attached hydrogen (secondary N) is 1. The fourth-order valence-corrected chi connectivity index (χ4v) is 1.02. The third-order valence-electron chi connectivity index (χ3n) is 1.52. The summed E-state index contributed by atoms with van der Waals surface area (Å²) in [6.45, 7) is 0. The van der Waals surface area contributed by atoms with Gasteiger partial charge in [0.2, 0.25) is 0 Å². The highest BCUT2D eigenvalue weighted by atomic mass is 19.1. The molecule has 1 N–H and O–H groups in total. The fourth-order valence-electron chi connectivity index (χ4n) is 1.02. The zero-order chi connectivity index (χ0) is 7.84. The molecule has 0 aliphatic heterocycles. The summed E-state index contributed by atoms with van der Waals surface area (Å²) in [5.74, 6) is -1.14. The Morgan fingerprint density at radius 2 is 2.09 bits per heavy atom. The van der Waals surface area contributed by atoms with Gasteiger partial charge in [-0.05, 0) is 12.1 Å². The van der Waals surface area contributed by atoms with E-state index in [1.165, 1.54) is 12.1 Å². The minimum absolute atomic E-state index is 0.367. The number of rotatable bonds is 0. The molecule has 3 heteroatoms. The van der Waals surface area contributed by atoms with E-state index in [0.717, 1.165) is 6.07 Å². The van der Waals surface area contributed by atoms with Crippen molar-refractivity contribution in [1.29, 1.82) is 0 Å². The van der Waals surface area contributed by atoms with Crippen LogP contribution in [0.4, 0.5) is 8.78 Å². The second kappa shape index (κ2) is 2.05. The summed E-state index contributed by atoms with van der Waals surface area (Å²) in [6, 6.07) is 3.53. The highest BCUT2D eigenvalue weighted by Crippen LogP contribution is 2.16. The monoisotopic (exact) mass is 152 g/mol. The predicted octanol–water partition coefficient (Wildman–Crippen LogP) is 2.25. The number of hydrogen-bond donors (Lipinski definition) is 1. The molecule has 0 aliphatic carbocycles. The SMILES string of the molecule is Fc1cc(F)c2c[c][nH]c2c1. The first kappa shape index (κ1) is 6.34. The smallest absolute Gasteiger partial charge is 0.135 e. The third-order valence-corrected chi connectivity index (χ3v) is 1.52. The fraction of sp³-hybridized carbons (Fsp3) is 0. The van der Waals surface area contributed by atoms with Crippen molar-refractivity contribution in [2.75, 3.05) is 0 Å². The number of hydrogen-bond acceptors (Lipinski definition) is 0. The Bertz CT molecular complexity index is 392. The van der Waals surface area contributed by atoms with Gasteiger partial charge in [-0.1, -0.05) is 0 Å². The molecule has 11 heavy (non-hydrogen) atoms. The van der Waals surface area contributed by atoms with Crippen molar-refractivity contribution in [3.63, 3.8) is 0 Å². The molecule has 1 nitrogen and oxygen atoms in total. The van der Waals surface area contributed by atoms with Gasteiger partial charge in [-0.2, -0.15) is 0 Å². The third kappa shape index (κ3) is 0.888. The van der Waals surface area contributed by atoms with Gasteiger partial charge in [-0.25, -0.2) is 8.78 Å². The summed E-state index contributed by atoms with van der Waals surface area (Å²) in [4.78, 5) is 2.60. The number of aromatic nitrogens is 1. The number of H-pyrrole nitrogens is 1. The van der Waals surface area contributed by atoms with Crippen LogP contribution in [-0.2, 0) is 0 Å². The van der Waals surface area contributed by atoms with Gasteiger partial charge in [0.1, 0.15) is 11.6 Å². The first-order valence-corrected chi connectivity index (χ1v) is 3.11. The van der Waals surface area contributed by atoms with Gasteiger partial charge in [0, 0.05) is 11.5 Å². The largest absolute Gasteiger partial charge is 0.353 e. The Kier molecular flexibility index (Phi) is 1.18. The van der Waals surface area contributed by atoms with Crippen molar-refractivity contribution in [1.82, 2.24) is 4.98 Å². The van der Waals surface area contributed by atoms with Crippen LogP contribution in [0.3, 0.4) is 0 Å². The molecule has 2 rings (SSSR count). The topological polar surface area (TPSA) is 15.8 Å². The Hall–Kier alpha value is -1.38. The van der Waals surface area contributed by atoms with E-state index >= 15 is 0 Å². The molecule has 1 heterocycles. The summed E-state index contributed by atoms with van der Waals surface area (Å²) in [5, 5.41) is 0.367. The minimum atomic E-state index is -0.578. The van der Waals surface area contributed by atoms with Gasteiger partial charge in [0.05, 0.1) is 11.7 Å². The molecule has 0 atom stereocenters. The average Bonchev–Trinajstić information content (AvgIpc) is 2.34. The molecule has 1 aromatic heterocycles. The molecule has 0 spiro atoms. The van der Waals surface area contributed by atoms with Crippen molar-refractivity contribution in [3.8, 4) is 0 Å². The lowest BCUT2D eigenvalue weighted by Gasteiger charge is -1.91. The maximum absolute atomic E-state index is 12.8. The molecular weight excluding hydrogens is 148 g/mol. The van der Waals surface area contributed by atoms with E-state index in [-0.39, 0.29) is 0 Å². The van der Waals surface area contributed by atoms with Crippen molar-refractivity contribution >= 4 is 10.9 Å². The van der Waals surface area contributed by atoms with Crippen LogP contribution in [-0.4, -0.2) is 4.98 Å². The normalized spacial score (nSPS) is 10.7. The zero-order valence-corrected chi connectivity index (χ0v) is 5.49. The van der Waals surface area contributed by atoms with Gasteiger partial charge < -0.3 is 4.98 Å². The van der Waals surface area contributed by atoms with Crippen LogP contribution in [0.2, 0.25) is 0 Å². The Morgan fingerprint density at radius 1 is 1.27 bits per heavy atom. The summed E-state index contributed by atoms with van der Waals surface area (Å²) in [7, 11) is 0. The highest BCUT2D eigenvalue weighted by Gasteiger charge is 2.03. The lowest BCUT2D eigenvalue weighted by molar-refractivity contribution is 0.592. The van der Waals surface area contributed by atoms with Crippen LogP contribution in [0, 0.1) is 17.8 Å². The molecule has 1 radical (unpaired) electrons. The quantitative estimate of drug-likeness (QED) is 0.595. The van der Waals surface area contributed by atoms with Gasteiger partial charge in [0.15, 0.2) is 0 Å². The Morgan fingerprint density at radius 3 is 2.91 bits per heavy atom. The molecule has 2 aromatic rings. The first-order valence-electron chi connectivity index (χ1n) is 3.11. The molecule has 55 valence electrons. The summed E-state index contributed by atoms with van der Waals surface area (Å²) < 4.78 is 25.3. The summed E-state index contributed by atoms with van der Waals surface area (Å²) >= 11 is 0. The molecule has 0 aliphatic rings. The molecule has 0 amide bonds. The Labute approximate surface area is 61.7 Å². The van der Waals surface area contributed by atoms with E-state index in [9.17, 15) is 8.78 Å². The van der Waals surface area contributed by atoms with E-state index in [4.69, 9.17) is 0 Å². The van der Waals surface area contributed by atoms with E-state index in [1.54, 1.807) is 0 Å². The lowest BCUT2D eigenvalue weighted by Crippen LogP contribution is -1.79. The lowest BCUT2D eigenvalue weighted by atomic mass is 10.2. The number of benzene rings is 1. The van der Waals surface area contributed by atoms with E-state index in [1.807, 2.05) is 0 Å². The van der Waals surface area contributed by atoms with Gasteiger partial charge in [-0.3, -0.25) is 0 Å². The Balaban J connectivity index is 2.91. The van der Waals surface area contributed by atoms with Crippen LogP contribution in [0.15, 0.2) is 18.2 Å². The maximum Gasteiger partial charge on any atom is 0.135 e. The van der Waals surface area contributed by atoms with Crippen LogP contribution in [0.25, 0.3) is 10.9 Å². The number of aromatic amines is 1. The van der Waals surface area contributed by atoms with Crippen LogP contribution in [0.5, 0.6) is 0 Å². The highest BCUT2D eigenvalue weighted by molar-refractivity contribution is 5.79. The molecular formula is C8H4F2N. The molecule has 0 saturated heterocycles. The molecule has 0 saturated carbocycles.